The summed E-state index contributed by atoms with van der Waals surface area (Å²) in [5.41, 5.74) is 5.94. The molecule has 1 unspecified atom stereocenters. The Kier molecular flexibility index (Phi) is 4.84. The topological polar surface area (TPSA) is 47.3 Å². The molecule has 0 amide bonds. The number of benzene rings is 1. The highest BCUT2D eigenvalue weighted by Crippen LogP contribution is 2.24. The predicted octanol–water partition coefficient (Wildman–Crippen LogP) is 1.97. The third-order valence-corrected chi connectivity index (χ3v) is 2.42. The van der Waals surface area contributed by atoms with E-state index in [0.29, 0.717) is 6.54 Å². The first-order chi connectivity index (χ1) is 7.95. The molecule has 17 heavy (non-hydrogen) atoms. The highest BCUT2D eigenvalue weighted by atomic mass is 19.1. The fourth-order valence-corrected chi connectivity index (χ4v) is 1.46. The minimum Gasteiger partial charge on any atom is -0.494 e. The Morgan fingerprint density at radius 1 is 1.29 bits per heavy atom. The van der Waals surface area contributed by atoms with Gasteiger partial charge in [0, 0.05) is 30.3 Å². The van der Waals surface area contributed by atoms with Crippen molar-refractivity contribution < 1.29 is 13.5 Å². The summed E-state index contributed by atoms with van der Waals surface area (Å²) in [6.07, 6.45) is 0. The van der Waals surface area contributed by atoms with Crippen molar-refractivity contribution in [3.63, 3.8) is 0 Å². The summed E-state index contributed by atoms with van der Waals surface area (Å²) >= 11 is 0. The number of rotatable bonds is 5. The lowest BCUT2D eigenvalue weighted by molar-refractivity contribution is 0.380. The number of methoxy groups -OCH3 is 1. The quantitative estimate of drug-likeness (QED) is 0.832. The fourth-order valence-electron chi connectivity index (χ4n) is 1.46. The van der Waals surface area contributed by atoms with Gasteiger partial charge in [0.2, 0.25) is 0 Å². The molecule has 0 spiro atoms. The van der Waals surface area contributed by atoms with Crippen molar-refractivity contribution in [2.24, 2.45) is 5.73 Å². The standard InChI is InChI=1S/C12H18F2N2O/c1-7(2)16-6-11(15)8-4-10(14)12(17-3)5-9(8)13/h4-5,7,11,16H,6,15H2,1-3H3. The van der Waals surface area contributed by atoms with Crippen LogP contribution in [0.15, 0.2) is 12.1 Å². The molecule has 0 bridgehead atoms. The molecule has 1 aromatic carbocycles. The van der Waals surface area contributed by atoms with Gasteiger partial charge in [-0.3, -0.25) is 0 Å². The Hall–Kier alpha value is -1.20. The number of hydrogen-bond donors (Lipinski definition) is 2. The number of halogens is 2. The van der Waals surface area contributed by atoms with Gasteiger partial charge < -0.3 is 15.8 Å². The Labute approximate surface area is 100.0 Å². The largest absolute Gasteiger partial charge is 0.494 e. The molecule has 1 rings (SSSR count). The van der Waals surface area contributed by atoms with E-state index in [-0.39, 0.29) is 17.4 Å². The lowest BCUT2D eigenvalue weighted by Gasteiger charge is -2.16. The van der Waals surface area contributed by atoms with E-state index in [1.165, 1.54) is 7.11 Å². The first-order valence-corrected chi connectivity index (χ1v) is 5.47. The molecular formula is C12H18F2N2O. The van der Waals surface area contributed by atoms with E-state index < -0.39 is 17.7 Å². The van der Waals surface area contributed by atoms with Gasteiger partial charge in [0.05, 0.1) is 7.11 Å². The highest BCUT2D eigenvalue weighted by molar-refractivity contribution is 5.32. The lowest BCUT2D eigenvalue weighted by atomic mass is 10.1. The average Bonchev–Trinajstić information content (AvgIpc) is 2.28. The van der Waals surface area contributed by atoms with E-state index in [2.05, 4.69) is 10.1 Å². The lowest BCUT2D eigenvalue weighted by Crippen LogP contribution is -2.32. The van der Waals surface area contributed by atoms with Crippen LogP contribution >= 0.6 is 0 Å². The molecule has 0 aliphatic carbocycles. The molecule has 3 nitrogen and oxygen atoms in total. The van der Waals surface area contributed by atoms with Gasteiger partial charge in [0.15, 0.2) is 11.6 Å². The molecule has 5 heteroatoms. The summed E-state index contributed by atoms with van der Waals surface area (Å²) in [6, 6.07) is 1.76. The Balaban J connectivity index is 2.86. The Bertz CT molecular complexity index is 383. The molecule has 0 aromatic heterocycles. The van der Waals surface area contributed by atoms with E-state index in [1.807, 2.05) is 13.8 Å². The van der Waals surface area contributed by atoms with Crippen LogP contribution in [0.2, 0.25) is 0 Å². The maximum absolute atomic E-state index is 13.6. The maximum Gasteiger partial charge on any atom is 0.165 e. The zero-order chi connectivity index (χ0) is 13.0. The van der Waals surface area contributed by atoms with E-state index >= 15 is 0 Å². The van der Waals surface area contributed by atoms with Gasteiger partial charge in [0.25, 0.3) is 0 Å². The van der Waals surface area contributed by atoms with Crippen LogP contribution < -0.4 is 15.8 Å². The molecule has 0 aliphatic rings. The van der Waals surface area contributed by atoms with Gasteiger partial charge in [0.1, 0.15) is 5.82 Å². The van der Waals surface area contributed by atoms with Gasteiger partial charge in [-0.15, -0.1) is 0 Å². The molecule has 0 aliphatic heterocycles. The zero-order valence-corrected chi connectivity index (χ0v) is 10.3. The van der Waals surface area contributed by atoms with E-state index in [9.17, 15) is 8.78 Å². The van der Waals surface area contributed by atoms with Gasteiger partial charge in [-0.2, -0.15) is 0 Å². The summed E-state index contributed by atoms with van der Waals surface area (Å²) in [5.74, 6) is -1.28. The second-order valence-corrected chi connectivity index (χ2v) is 4.18. The van der Waals surface area contributed by atoms with Crippen molar-refractivity contribution >= 4 is 0 Å². The van der Waals surface area contributed by atoms with Crippen molar-refractivity contribution in [3.8, 4) is 5.75 Å². The fraction of sp³-hybridized carbons (Fsp3) is 0.500. The van der Waals surface area contributed by atoms with Crippen LogP contribution in [0.3, 0.4) is 0 Å². The first-order valence-electron chi connectivity index (χ1n) is 5.47. The molecule has 0 saturated carbocycles. The molecule has 0 saturated heterocycles. The van der Waals surface area contributed by atoms with Crippen LogP contribution in [0.5, 0.6) is 5.75 Å². The van der Waals surface area contributed by atoms with E-state index in [1.54, 1.807) is 0 Å². The van der Waals surface area contributed by atoms with Crippen molar-refractivity contribution in [1.29, 1.82) is 0 Å². The van der Waals surface area contributed by atoms with Crippen LogP contribution in [0, 0.1) is 11.6 Å². The van der Waals surface area contributed by atoms with E-state index in [4.69, 9.17) is 5.73 Å². The SMILES string of the molecule is COc1cc(F)c(C(N)CNC(C)C)cc1F. The minimum absolute atomic E-state index is 0.115. The van der Waals surface area contributed by atoms with Crippen molar-refractivity contribution in [2.75, 3.05) is 13.7 Å². The first kappa shape index (κ1) is 13.9. The van der Waals surface area contributed by atoms with Crippen LogP contribution in [0.4, 0.5) is 8.78 Å². The van der Waals surface area contributed by atoms with Gasteiger partial charge in [-0.05, 0) is 6.07 Å². The maximum atomic E-state index is 13.6. The van der Waals surface area contributed by atoms with Crippen LogP contribution in [0.25, 0.3) is 0 Å². The monoisotopic (exact) mass is 244 g/mol. The molecule has 0 heterocycles. The molecular weight excluding hydrogens is 226 g/mol. The third-order valence-electron chi connectivity index (χ3n) is 2.42. The Morgan fingerprint density at radius 3 is 2.47 bits per heavy atom. The van der Waals surface area contributed by atoms with Crippen LogP contribution in [-0.2, 0) is 0 Å². The van der Waals surface area contributed by atoms with Crippen LogP contribution in [-0.4, -0.2) is 19.7 Å². The van der Waals surface area contributed by atoms with Crippen molar-refractivity contribution in [1.82, 2.24) is 5.32 Å². The summed E-state index contributed by atoms with van der Waals surface area (Å²) in [7, 11) is 1.29. The van der Waals surface area contributed by atoms with Crippen LogP contribution in [0.1, 0.15) is 25.5 Å². The summed E-state index contributed by atoms with van der Waals surface area (Å²) in [4.78, 5) is 0. The third kappa shape index (κ3) is 3.64. The molecule has 1 aromatic rings. The summed E-state index contributed by atoms with van der Waals surface area (Å²) in [6.45, 7) is 4.30. The molecule has 0 radical (unpaired) electrons. The van der Waals surface area contributed by atoms with Crippen molar-refractivity contribution in [2.45, 2.75) is 25.9 Å². The average molecular weight is 244 g/mol. The number of hydrogen-bond acceptors (Lipinski definition) is 3. The second-order valence-electron chi connectivity index (χ2n) is 4.18. The smallest absolute Gasteiger partial charge is 0.165 e. The number of nitrogens with two attached hydrogens (primary N) is 1. The van der Waals surface area contributed by atoms with E-state index in [0.717, 1.165) is 12.1 Å². The predicted molar refractivity (Wildman–Crippen MR) is 63.0 cm³/mol. The van der Waals surface area contributed by atoms with Crippen molar-refractivity contribution in [3.05, 3.63) is 29.3 Å². The Morgan fingerprint density at radius 2 is 1.94 bits per heavy atom. The van der Waals surface area contributed by atoms with Gasteiger partial charge in [-0.25, -0.2) is 8.78 Å². The second kappa shape index (κ2) is 5.93. The number of nitrogens with one attached hydrogen (secondary N) is 1. The molecule has 3 N–H and O–H groups in total. The normalized spacial score (nSPS) is 12.9. The van der Waals surface area contributed by atoms with Gasteiger partial charge in [-0.1, -0.05) is 13.8 Å². The molecule has 0 fully saturated rings. The van der Waals surface area contributed by atoms with Gasteiger partial charge >= 0.3 is 0 Å². The zero-order valence-electron chi connectivity index (χ0n) is 10.3. The summed E-state index contributed by atoms with van der Waals surface area (Å²) < 4.78 is 31.7. The highest BCUT2D eigenvalue weighted by Gasteiger charge is 2.16. The molecule has 96 valence electrons. The number of ether oxygens (including phenoxy) is 1. The summed E-state index contributed by atoms with van der Waals surface area (Å²) in [5, 5.41) is 3.07. The minimum atomic E-state index is -0.608. The molecule has 1 atom stereocenters.